The van der Waals surface area contributed by atoms with E-state index in [9.17, 15) is 0 Å². The molecule has 0 aromatic heterocycles. The molecule has 2 unspecified atom stereocenters. The molecule has 0 aliphatic heterocycles. The molecule has 21 heavy (non-hydrogen) atoms. The first kappa shape index (κ1) is 16.3. The molecule has 2 rings (SSSR count). The Morgan fingerprint density at radius 3 is 2.10 bits per heavy atom. The zero-order valence-electron chi connectivity index (χ0n) is 12.4. The van der Waals surface area contributed by atoms with Crippen molar-refractivity contribution in [2.24, 2.45) is 5.73 Å². The Bertz CT molecular complexity index is 602. The van der Waals surface area contributed by atoms with E-state index in [1.54, 1.807) is 0 Å². The normalized spacial score (nSPS) is 13.8. The number of halogens is 2. The summed E-state index contributed by atoms with van der Waals surface area (Å²) < 4.78 is 7.15. The van der Waals surface area contributed by atoms with E-state index in [-0.39, 0.29) is 12.1 Å². The monoisotopic (exact) mass is 367 g/mol. The van der Waals surface area contributed by atoms with Crippen molar-refractivity contribution in [3.8, 4) is 5.75 Å². The van der Waals surface area contributed by atoms with Crippen LogP contribution in [0.2, 0.25) is 5.02 Å². The highest BCUT2D eigenvalue weighted by Crippen LogP contribution is 2.30. The summed E-state index contributed by atoms with van der Waals surface area (Å²) in [4.78, 5) is 0. The molecule has 2 aromatic rings. The van der Waals surface area contributed by atoms with Gasteiger partial charge >= 0.3 is 0 Å². The van der Waals surface area contributed by atoms with Crippen molar-refractivity contribution >= 4 is 27.5 Å². The largest absolute Gasteiger partial charge is 0.484 e. The summed E-state index contributed by atoms with van der Waals surface area (Å²) in [6.45, 7) is 5.90. The lowest BCUT2D eigenvalue weighted by molar-refractivity contribution is 0.180. The van der Waals surface area contributed by atoms with Crippen molar-refractivity contribution in [3.05, 3.63) is 62.6 Å². The van der Waals surface area contributed by atoms with Crippen LogP contribution in [0.15, 0.2) is 40.9 Å². The number of benzene rings is 2. The van der Waals surface area contributed by atoms with Crippen LogP contribution in [0.25, 0.3) is 0 Å². The molecule has 0 heterocycles. The van der Waals surface area contributed by atoms with Crippen LogP contribution in [0.4, 0.5) is 0 Å². The maximum Gasteiger partial charge on any atom is 0.138 e. The van der Waals surface area contributed by atoms with Gasteiger partial charge in [0.1, 0.15) is 11.9 Å². The molecule has 0 bridgehead atoms. The Kier molecular flexibility index (Phi) is 5.31. The van der Waals surface area contributed by atoms with Crippen LogP contribution >= 0.6 is 27.5 Å². The van der Waals surface area contributed by atoms with Crippen LogP contribution in [0.3, 0.4) is 0 Å². The average Bonchev–Trinajstić information content (AvgIpc) is 2.43. The quantitative estimate of drug-likeness (QED) is 0.806. The minimum atomic E-state index is -0.196. The first-order chi connectivity index (χ1) is 9.88. The molecule has 0 fully saturated rings. The third-order valence-electron chi connectivity index (χ3n) is 3.35. The first-order valence-electron chi connectivity index (χ1n) is 6.83. The minimum Gasteiger partial charge on any atom is -0.484 e. The van der Waals surface area contributed by atoms with E-state index in [0.29, 0.717) is 0 Å². The van der Waals surface area contributed by atoms with Gasteiger partial charge < -0.3 is 10.5 Å². The van der Waals surface area contributed by atoms with Crippen molar-refractivity contribution in [2.75, 3.05) is 0 Å². The van der Waals surface area contributed by atoms with Gasteiger partial charge in [-0.15, -0.1) is 0 Å². The van der Waals surface area contributed by atoms with Crippen molar-refractivity contribution in [1.82, 2.24) is 0 Å². The van der Waals surface area contributed by atoms with Crippen LogP contribution in [0, 0.1) is 13.8 Å². The Labute approximate surface area is 139 Å². The molecule has 0 saturated heterocycles. The first-order valence-corrected chi connectivity index (χ1v) is 8.00. The van der Waals surface area contributed by atoms with E-state index in [1.807, 2.05) is 57.2 Å². The van der Waals surface area contributed by atoms with E-state index in [4.69, 9.17) is 22.1 Å². The number of aryl methyl sites for hydroxylation is 2. The number of hydrogen-bond acceptors (Lipinski definition) is 2. The van der Waals surface area contributed by atoms with Gasteiger partial charge in [0.15, 0.2) is 0 Å². The van der Waals surface area contributed by atoms with Crippen LogP contribution in [0.5, 0.6) is 5.75 Å². The summed E-state index contributed by atoms with van der Waals surface area (Å²) in [5.41, 5.74) is 9.16. The highest BCUT2D eigenvalue weighted by molar-refractivity contribution is 9.10. The molecule has 2 nitrogen and oxygen atoms in total. The maximum absolute atomic E-state index is 6.20. The van der Waals surface area contributed by atoms with Crippen LogP contribution in [0.1, 0.15) is 29.7 Å². The van der Waals surface area contributed by atoms with Crippen molar-refractivity contribution < 1.29 is 4.74 Å². The number of nitrogens with two attached hydrogens (primary N) is 1. The maximum atomic E-state index is 6.20. The van der Waals surface area contributed by atoms with E-state index >= 15 is 0 Å². The second-order valence-corrected chi connectivity index (χ2v) is 6.61. The van der Waals surface area contributed by atoms with E-state index < -0.39 is 0 Å². The fraction of sp³-hybridized carbons (Fsp3) is 0.294. The van der Waals surface area contributed by atoms with Gasteiger partial charge in [-0.3, -0.25) is 0 Å². The van der Waals surface area contributed by atoms with Gasteiger partial charge in [-0.1, -0.05) is 39.7 Å². The molecule has 2 N–H and O–H groups in total. The van der Waals surface area contributed by atoms with Gasteiger partial charge in [-0.25, -0.2) is 0 Å². The van der Waals surface area contributed by atoms with E-state index in [2.05, 4.69) is 15.9 Å². The van der Waals surface area contributed by atoms with E-state index in [0.717, 1.165) is 31.9 Å². The van der Waals surface area contributed by atoms with Crippen molar-refractivity contribution in [2.45, 2.75) is 32.9 Å². The van der Waals surface area contributed by atoms with Crippen molar-refractivity contribution in [3.63, 3.8) is 0 Å². The second kappa shape index (κ2) is 6.82. The van der Waals surface area contributed by atoms with Gasteiger partial charge in [0.25, 0.3) is 0 Å². The molecular weight excluding hydrogens is 350 g/mol. The SMILES string of the molecule is Cc1cc(OC(c2ccc(Br)cc2)C(C)N)cc(C)c1Cl. The third kappa shape index (κ3) is 4.00. The molecule has 2 atom stereocenters. The topological polar surface area (TPSA) is 35.2 Å². The second-order valence-electron chi connectivity index (χ2n) is 5.32. The average molecular weight is 369 g/mol. The van der Waals surface area contributed by atoms with E-state index in [1.165, 1.54) is 0 Å². The molecule has 0 aliphatic rings. The Balaban J connectivity index is 2.30. The molecule has 112 valence electrons. The number of rotatable bonds is 4. The smallest absolute Gasteiger partial charge is 0.138 e. The number of ether oxygens (including phenoxy) is 1. The Morgan fingerprint density at radius 1 is 1.10 bits per heavy atom. The zero-order chi connectivity index (χ0) is 15.6. The summed E-state index contributed by atoms with van der Waals surface area (Å²) >= 11 is 9.64. The van der Waals surface area contributed by atoms with Crippen LogP contribution < -0.4 is 10.5 Å². The fourth-order valence-corrected chi connectivity index (χ4v) is 2.63. The summed E-state index contributed by atoms with van der Waals surface area (Å²) in [5, 5.41) is 0.781. The predicted molar refractivity (Wildman–Crippen MR) is 92.1 cm³/mol. The van der Waals surface area contributed by atoms with Gasteiger partial charge in [-0.2, -0.15) is 0 Å². The highest BCUT2D eigenvalue weighted by atomic mass is 79.9. The molecule has 2 aromatic carbocycles. The standard InChI is InChI=1S/C17H19BrClNO/c1-10-8-15(9-11(2)16(10)19)21-17(12(3)20)13-4-6-14(18)7-5-13/h4-9,12,17H,20H2,1-3H3. The lowest BCUT2D eigenvalue weighted by Gasteiger charge is -2.24. The molecule has 0 radical (unpaired) electrons. The Hall–Kier alpha value is -1.03. The van der Waals surface area contributed by atoms with Gasteiger partial charge in [-0.05, 0) is 61.7 Å². The van der Waals surface area contributed by atoms with Gasteiger partial charge in [0.05, 0.1) is 0 Å². The summed E-state index contributed by atoms with van der Waals surface area (Å²) in [5.74, 6) is 0.791. The highest BCUT2D eigenvalue weighted by Gasteiger charge is 2.19. The lowest BCUT2D eigenvalue weighted by atomic mass is 10.0. The zero-order valence-corrected chi connectivity index (χ0v) is 14.7. The summed E-state index contributed by atoms with van der Waals surface area (Å²) in [7, 11) is 0. The predicted octanol–water partition coefficient (Wildman–Crippen LogP) is 5.19. The molecule has 0 saturated carbocycles. The minimum absolute atomic E-state index is 0.123. The van der Waals surface area contributed by atoms with Gasteiger partial charge in [0, 0.05) is 15.5 Å². The lowest BCUT2D eigenvalue weighted by Crippen LogP contribution is -2.29. The molecule has 0 amide bonds. The molecule has 0 spiro atoms. The van der Waals surface area contributed by atoms with Crippen LogP contribution in [-0.2, 0) is 0 Å². The van der Waals surface area contributed by atoms with Crippen molar-refractivity contribution in [1.29, 1.82) is 0 Å². The van der Waals surface area contributed by atoms with Gasteiger partial charge in [0.2, 0.25) is 0 Å². The molecular formula is C17H19BrClNO. The fourth-order valence-electron chi connectivity index (χ4n) is 2.25. The van der Waals surface area contributed by atoms with Crippen LogP contribution in [-0.4, -0.2) is 6.04 Å². The molecule has 4 heteroatoms. The Morgan fingerprint density at radius 2 is 1.62 bits per heavy atom. The number of hydrogen-bond donors (Lipinski definition) is 1. The molecule has 0 aliphatic carbocycles. The third-order valence-corrected chi connectivity index (χ3v) is 4.47. The summed E-state index contributed by atoms with van der Waals surface area (Å²) in [6, 6.07) is 11.8. The summed E-state index contributed by atoms with van der Waals surface area (Å²) in [6.07, 6.45) is -0.196.